The molecule has 2 N–H and O–H groups in total. The molecule has 0 radical (unpaired) electrons. The fourth-order valence-electron chi connectivity index (χ4n) is 2.73. The quantitative estimate of drug-likeness (QED) is 0.845. The van der Waals surface area contributed by atoms with E-state index in [1.54, 1.807) is 6.20 Å². The molecule has 1 aliphatic carbocycles. The Morgan fingerprint density at radius 1 is 0.850 bits per heavy atom. The van der Waals surface area contributed by atoms with E-state index in [2.05, 4.69) is 29.2 Å². The highest BCUT2D eigenvalue weighted by Gasteiger charge is 2.18. The number of aryl methyl sites for hydroxylation is 1. The summed E-state index contributed by atoms with van der Waals surface area (Å²) < 4.78 is 0. The molecule has 0 atom stereocenters. The first-order chi connectivity index (χ1) is 9.86. The van der Waals surface area contributed by atoms with Crippen molar-refractivity contribution in [3.8, 4) is 11.1 Å². The molecule has 0 amide bonds. The molecule has 20 heavy (non-hydrogen) atoms. The van der Waals surface area contributed by atoms with Gasteiger partial charge in [0, 0.05) is 11.3 Å². The third-order valence-corrected chi connectivity index (χ3v) is 3.65. The minimum Gasteiger partial charge on any atom is -0.397 e. The highest BCUT2D eigenvalue weighted by molar-refractivity contribution is 5.79. The largest absolute Gasteiger partial charge is 0.397 e. The summed E-state index contributed by atoms with van der Waals surface area (Å²) in [6, 6.07) is 18.4. The first kappa shape index (κ1) is 12.7. The molecular formula is C18H18N2. The van der Waals surface area contributed by atoms with Crippen LogP contribution in [0.2, 0.25) is 0 Å². The molecule has 0 saturated carbocycles. The van der Waals surface area contributed by atoms with Gasteiger partial charge < -0.3 is 5.73 Å². The standard InChI is InChI=1S/C18H18N2/c19-16-13-20-17-12-8-11-15(17)18(16)14-9-6-4-2-1-3-5-7-10-14/h1-7,9-10,13H,8,11-12,19H2. The SMILES string of the molecule is Nc1cnc2c(c1-c1ccccccccc1)CCC2. The smallest absolute Gasteiger partial charge is 0.0583 e. The number of nitrogens with zero attached hydrogens (tertiary/aromatic N) is 1. The summed E-state index contributed by atoms with van der Waals surface area (Å²) in [7, 11) is 0. The number of fused-ring (bicyclic) bond motifs is 1. The summed E-state index contributed by atoms with van der Waals surface area (Å²) in [6.07, 6.45) is 5.12. The van der Waals surface area contributed by atoms with Gasteiger partial charge in [-0.25, -0.2) is 0 Å². The van der Waals surface area contributed by atoms with Crippen molar-refractivity contribution >= 4 is 5.69 Å². The van der Waals surface area contributed by atoms with E-state index in [1.807, 2.05) is 30.3 Å². The summed E-state index contributed by atoms with van der Waals surface area (Å²) in [4.78, 5) is 4.47. The van der Waals surface area contributed by atoms with Crippen LogP contribution in [0.15, 0.2) is 60.8 Å². The fourth-order valence-corrected chi connectivity index (χ4v) is 2.73. The fraction of sp³-hybridized carbons (Fsp3) is 0.167. The molecule has 3 rings (SSSR count). The van der Waals surface area contributed by atoms with Crippen molar-refractivity contribution in [3.63, 3.8) is 0 Å². The molecule has 0 aliphatic heterocycles. The lowest BCUT2D eigenvalue weighted by Gasteiger charge is -2.10. The molecule has 0 spiro atoms. The van der Waals surface area contributed by atoms with E-state index in [-0.39, 0.29) is 0 Å². The van der Waals surface area contributed by atoms with Crippen molar-refractivity contribution in [3.05, 3.63) is 72.1 Å². The van der Waals surface area contributed by atoms with Crippen LogP contribution in [0.5, 0.6) is 0 Å². The van der Waals surface area contributed by atoms with Gasteiger partial charge in [-0.05, 0) is 30.4 Å². The van der Waals surface area contributed by atoms with Crippen LogP contribution in [-0.2, 0) is 12.8 Å². The van der Waals surface area contributed by atoms with E-state index < -0.39 is 0 Å². The summed E-state index contributed by atoms with van der Waals surface area (Å²) in [5, 5.41) is 0. The second-order valence-corrected chi connectivity index (χ2v) is 5.00. The first-order valence-corrected chi connectivity index (χ1v) is 7.01. The summed E-state index contributed by atoms with van der Waals surface area (Å²) in [5.41, 5.74) is 11.8. The highest BCUT2D eigenvalue weighted by atomic mass is 14.7. The van der Waals surface area contributed by atoms with Gasteiger partial charge in [-0.1, -0.05) is 54.6 Å². The van der Waals surface area contributed by atoms with Gasteiger partial charge in [-0.15, -0.1) is 0 Å². The third-order valence-electron chi connectivity index (χ3n) is 3.65. The van der Waals surface area contributed by atoms with Crippen LogP contribution >= 0.6 is 0 Å². The Morgan fingerprint density at radius 2 is 1.50 bits per heavy atom. The molecule has 2 heteroatoms. The monoisotopic (exact) mass is 262 g/mol. The predicted octanol–water partition coefficient (Wildman–Crippen LogP) is 3.94. The second-order valence-electron chi connectivity index (χ2n) is 5.00. The molecule has 1 heterocycles. The van der Waals surface area contributed by atoms with Gasteiger partial charge in [0.15, 0.2) is 0 Å². The summed E-state index contributed by atoms with van der Waals surface area (Å²) >= 11 is 0. The molecule has 0 fully saturated rings. The lowest BCUT2D eigenvalue weighted by molar-refractivity contribution is 0.899. The normalized spacial score (nSPS) is 12.6. The molecule has 1 aromatic carbocycles. The van der Waals surface area contributed by atoms with Gasteiger partial charge in [0.25, 0.3) is 0 Å². The van der Waals surface area contributed by atoms with E-state index in [1.165, 1.54) is 17.7 Å². The number of hydrogen-bond donors (Lipinski definition) is 1. The Kier molecular flexibility index (Phi) is 3.64. The molecule has 2 nitrogen and oxygen atoms in total. The average Bonchev–Trinajstić information content (AvgIpc) is 2.93. The van der Waals surface area contributed by atoms with Crippen LogP contribution in [-0.4, -0.2) is 4.98 Å². The Hall–Kier alpha value is -2.35. The van der Waals surface area contributed by atoms with Crippen molar-refractivity contribution in [2.75, 3.05) is 5.73 Å². The topological polar surface area (TPSA) is 38.9 Å². The maximum Gasteiger partial charge on any atom is 0.0583 e. The molecule has 0 saturated heterocycles. The Labute approximate surface area is 119 Å². The lowest BCUT2D eigenvalue weighted by Crippen LogP contribution is -1.98. The van der Waals surface area contributed by atoms with E-state index >= 15 is 0 Å². The second kappa shape index (κ2) is 5.74. The number of nitrogen functional groups attached to an aromatic ring is 1. The number of hydrogen-bond acceptors (Lipinski definition) is 2. The van der Waals surface area contributed by atoms with E-state index in [9.17, 15) is 0 Å². The van der Waals surface area contributed by atoms with Crippen LogP contribution in [0.3, 0.4) is 0 Å². The van der Waals surface area contributed by atoms with Gasteiger partial charge in [-0.3, -0.25) is 4.98 Å². The average molecular weight is 262 g/mol. The summed E-state index contributed by atoms with van der Waals surface area (Å²) in [5.74, 6) is 0. The van der Waals surface area contributed by atoms with Crippen LogP contribution in [0, 0.1) is 0 Å². The minimum atomic E-state index is 0.770. The first-order valence-electron chi connectivity index (χ1n) is 7.01. The minimum absolute atomic E-state index is 0.770. The zero-order chi connectivity index (χ0) is 13.8. The van der Waals surface area contributed by atoms with Crippen LogP contribution in [0.25, 0.3) is 11.1 Å². The molecule has 1 aromatic heterocycles. The van der Waals surface area contributed by atoms with Gasteiger partial charge in [0.05, 0.1) is 11.9 Å². The van der Waals surface area contributed by atoms with Crippen LogP contribution < -0.4 is 5.73 Å². The molecule has 1 aliphatic rings. The highest BCUT2D eigenvalue weighted by Crippen LogP contribution is 2.34. The van der Waals surface area contributed by atoms with Crippen molar-refractivity contribution in [2.24, 2.45) is 0 Å². The number of nitrogens with two attached hydrogens (primary N) is 1. The van der Waals surface area contributed by atoms with Crippen molar-refractivity contribution < 1.29 is 0 Å². The molecule has 0 unspecified atom stereocenters. The lowest BCUT2D eigenvalue weighted by atomic mass is 9.99. The number of aromatic nitrogens is 1. The van der Waals surface area contributed by atoms with Gasteiger partial charge >= 0.3 is 0 Å². The Bertz CT molecular complexity index is 651. The predicted molar refractivity (Wildman–Crippen MR) is 83.7 cm³/mol. The zero-order valence-electron chi connectivity index (χ0n) is 11.4. The van der Waals surface area contributed by atoms with Crippen LogP contribution in [0.4, 0.5) is 5.69 Å². The van der Waals surface area contributed by atoms with Crippen molar-refractivity contribution in [2.45, 2.75) is 19.3 Å². The Balaban J connectivity index is 2.22. The maximum atomic E-state index is 6.19. The number of pyridine rings is 1. The van der Waals surface area contributed by atoms with E-state index in [4.69, 9.17) is 5.73 Å². The van der Waals surface area contributed by atoms with Gasteiger partial charge in [0.1, 0.15) is 0 Å². The van der Waals surface area contributed by atoms with E-state index in [0.29, 0.717) is 0 Å². The molecule has 0 bridgehead atoms. The number of rotatable bonds is 1. The van der Waals surface area contributed by atoms with Crippen molar-refractivity contribution in [1.29, 1.82) is 0 Å². The zero-order valence-corrected chi connectivity index (χ0v) is 11.4. The van der Waals surface area contributed by atoms with Crippen LogP contribution in [0.1, 0.15) is 17.7 Å². The maximum absolute atomic E-state index is 6.19. The Morgan fingerprint density at radius 3 is 2.20 bits per heavy atom. The molecule has 2 aromatic rings. The molecular weight excluding hydrogens is 244 g/mol. The molecule has 100 valence electrons. The van der Waals surface area contributed by atoms with E-state index in [0.717, 1.165) is 29.7 Å². The third kappa shape index (κ3) is 2.50. The summed E-state index contributed by atoms with van der Waals surface area (Å²) in [6.45, 7) is 0. The van der Waals surface area contributed by atoms with Crippen molar-refractivity contribution in [1.82, 2.24) is 4.98 Å². The van der Waals surface area contributed by atoms with Gasteiger partial charge in [0.2, 0.25) is 0 Å². The number of anilines is 1. The van der Waals surface area contributed by atoms with Gasteiger partial charge in [-0.2, -0.15) is 0 Å².